The fourth-order valence-electron chi connectivity index (χ4n) is 11.5. The summed E-state index contributed by atoms with van der Waals surface area (Å²) >= 11 is 4.81. The summed E-state index contributed by atoms with van der Waals surface area (Å²) in [5, 5.41) is 2.73. The summed E-state index contributed by atoms with van der Waals surface area (Å²) < 4.78 is 34.1. The second kappa shape index (κ2) is 32.8. The Morgan fingerprint density at radius 1 is 0.375 bits per heavy atom. The number of fused-ring (bicyclic) bond motifs is 6. The van der Waals surface area contributed by atoms with Crippen molar-refractivity contribution in [1.82, 2.24) is 29.4 Å². The Hall–Kier alpha value is -8.73. The Morgan fingerprint density at radius 2 is 0.625 bits per heavy atom. The maximum atomic E-state index is 13.4. The maximum Gasteiger partial charge on any atom is 0.423 e. The van der Waals surface area contributed by atoms with Gasteiger partial charge in [0.25, 0.3) is 0 Å². The van der Waals surface area contributed by atoms with E-state index in [1.165, 1.54) is 0 Å². The zero-order chi connectivity index (χ0) is 68.0. The second-order valence-electron chi connectivity index (χ2n) is 23.8. The van der Waals surface area contributed by atoms with Gasteiger partial charge in [0.1, 0.15) is 31.5 Å². The van der Waals surface area contributed by atoms with Crippen LogP contribution in [0.15, 0.2) is 106 Å². The minimum absolute atomic E-state index is 0.291. The van der Waals surface area contributed by atoms with Crippen LogP contribution in [0.25, 0.3) is 17.5 Å². The first-order valence-corrected chi connectivity index (χ1v) is 34.9. The molecule has 0 bridgehead atoms. The average Bonchev–Trinajstić information content (AvgIpc) is 1.61. The third-order valence-corrected chi connectivity index (χ3v) is 19.3. The fourth-order valence-corrected chi connectivity index (χ4v) is 14.2. The van der Waals surface area contributed by atoms with Gasteiger partial charge in [-0.25, -0.2) is 44.1 Å². The van der Waals surface area contributed by atoms with E-state index in [1.54, 1.807) is 48.7 Å². The van der Waals surface area contributed by atoms with Gasteiger partial charge in [-0.1, -0.05) is 57.2 Å². The van der Waals surface area contributed by atoms with Gasteiger partial charge in [0.15, 0.2) is 0 Å². The summed E-state index contributed by atoms with van der Waals surface area (Å²) in [7, 11) is 6.28. The summed E-state index contributed by atoms with van der Waals surface area (Å²) in [6.07, 6.45) is 1.12. The van der Waals surface area contributed by atoms with Crippen LogP contribution in [0, 0.1) is 20.8 Å². The van der Waals surface area contributed by atoms with Crippen molar-refractivity contribution < 1.29 is 57.2 Å². The Bertz CT molecular complexity index is 3790. The van der Waals surface area contributed by atoms with Crippen LogP contribution in [0.5, 0.6) is 0 Å². The number of rotatable bonds is 15. The minimum Gasteiger partial charge on any atom is -0.428 e. The molecule has 3 aromatic carbocycles. The molecule has 3 fully saturated rings. The third-order valence-electron chi connectivity index (χ3n) is 16.4. The molecule has 96 heavy (non-hydrogen) atoms. The summed E-state index contributed by atoms with van der Waals surface area (Å²) in [4.78, 5) is 111. The molecule has 0 aliphatic carbocycles. The van der Waals surface area contributed by atoms with Gasteiger partial charge in [-0.3, -0.25) is 14.4 Å². The monoisotopic (exact) mass is 1370 g/mol. The predicted octanol–water partition coefficient (Wildman–Crippen LogP) is 7.73. The number of nitrogens with zero attached hydrogens (tertiary/aromatic N) is 12. The van der Waals surface area contributed by atoms with Crippen LogP contribution >= 0.6 is 34.0 Å². The van der Waals surface area contributed by atoms with Crippen molar-refractivity contribution in [2.45, 2.75) is 80.1 Å². The molecule has 3 saturated heterocycles. The van der Waals surface area contributed by atoms with Crippen molar-refractivity contribution in [3.8, 4) is 0 Å². The summed E-state index contributed by atoms with van der Waals surface area (Å²) in [5.74, 6) is 1.13. The van der Waals surface area contributed by atoms with Gasteiger partial charge in [-0.2, -0.15) is 0 Å². The van der Waals surface area contributed by atoms with Crippen LogP contribution in [0.1, 0.15) is 73.9 Å². The number of carbonyl (C=O) groups is 6. The molecule has 0 atom stereocenters. The number of hydrogen-bond acceptors (Lipinski definition) is 24. The minimum atomic E-state index is -0.595. The normalized spacial score (nSPS) is 16.0. The highest BCUT2D eigenvalue weighted by molar-refractivity contribution is 7.10. The Kier molecular flexibility index (Phi) is 24.0. The van der Waals surface area contributed by atoms with Crippen molar-refractivity contribution in [2.75, 3.05) is 135 Å². The van der Waals surface area contributed by atoms with E-state index in [9.17, 15) is 28.8 Å². The van der Waals surface area contributed by atoms with Gasteiger partial charge >= 0.3 is 36.2 Å². The lowest BCUT2D eigenvalue weighted by Gasteiger charge is -2.38. The highest BCUT2D eigenvalue weighted by Gasteiger charge is 2.36. The molecule has 6 aromatic rings. The van der Waals surface area contributed by atoms with Gasteiger partial charge in [0, 0.05) is 112 Å². The summed E-state index contributed by atoms with van der Waals surface area (Å²) in [6, 6.07) is 28.8. The quantitative estimate of drug-likeness (QED) is 0.0545. The van der Waals surface area contributed by atoms with Gasteiger partial charge in [0.2, 0.25) is 20.4 Å². The van der Waals surface area contributed by atoms with Gasteiger partial charge in [0.05, 0.1) is 49.8 Å². The number of para-hydroxylation sites is 6. The van der Waals surface area contributed by atoms with Crippen LogP contribution in [0.3, 0.4) is 0 Å². The van der Waals surface area contributed by atoms with Crippen molar-refractivity contribution in [3.05, 3.63) is 135 Å². The third kappa shape index (κ3) is 16.9. The number of benzene rings is 3. The Balaban J connectivity index is 0.000000157. The second-order valence-corrected chi connectivity index (χ2v) is 27.5. The first-order chi connectivity index (χ1) is 46.4. The SMILES string of the molecule is CCCC(=O)OCOC(=O)N1C(N2CCN(C)CC2)=c2cc(C)sc2=Nc2ccccc21.CCCC(=O)OCOC(=O)N1C(N2CCN(C)CC2)=c2cc(C)sc2=Nc2ccccc21.CCCC(=O)OCOC(=O)N1C(N2CCN(C)CC2)=c2cc(C)sc2=Nc2ccccc21. The van der Waals surface area contributed by atoms with Crippen LogP contribution in [-0.4, -0.2) is 186 Å². The van der Waals surface area contributed by atoms with E-state index in [0.29, 0.717) is 72.6 Å². The first kappa shape index (κ1) is 70.1. The molecule has 6 aliphatic rings. The largest absolute Gasteiger partial charge is 0.428 e. The van der Waals surface area contributed by atoms with Gasteiger partial charge < -0.3 is 57.8 Å². The molecule has 6 aliphatic heterocycles. The van der Waals surface area contributed by atoms with E-state index in [2.05, 4.69) is 68.7 Å². The fraction of sp³-hybridized carbons (Fsp3) is 0.435. The number of amides is 3. The van der Waals surface area contributed by atoms with E-state index in [-0.39, 0.29) is 17.9 Å². The molecule has 0 N–H and O–H groups in total. The molecule has 27 heteroatoms. The molecule has 0 unspecified atom stereocenters. The highest BCUT2D eigenvalue weighted by Crippen LogP contribution is 2.38. The molecule has 0 spiro atoms. The molecular weight excluding hydrogens is 1290 g/mol. The molecule has 0 radical (unpaired) electrons. The lowest BCUT2D eigenvalue weighted by atomic mass is 10.2. The number of aryl methyl sites for hydroxylation is 3. The highest BCUT2D eigenvalue weighted by atomic mass is 32.1. The van der Waals surface area contributed by atoms with Gasteiger partial charge in [-0.15, -0.1) is 34.0 Å². The number of piperazine rings is 3. The number of likely N-dealkylation sites (N-methyl/N-ethyl adjacent to an activating group) is 3. The smallest absolute Gasteiger partial charge is 0.423 e. The Labute approximate surface area is 570 Å². The van der Waals surface area contributed by atoms with Crippen LogP contribution in [0.2, 0.25) is 0 Å². The molecule has 510 valence electrons. The van der Waals surface area contributed by atoms with E-state index in [1.807, 2.05) is 114 Å². The first-order valence-electron chi connectivity index (χ1n) is 32.5. The standard InChI is InChI=1S/3C23H28N4O4S/c3*1-4-7-20(28)30-15-31-23(29)27-19-9-6-5-8-18(19)24-21-17(14-16(2)32-21)22(27)26-12-10-25(3)11-13-26/h3*5-6,8-9,14H,4,7,10-13,15H2,1-3H3. The van der Waals surface area contributed by atoms with Gasteiger partial charge in [-0.05, 0) is 116 Å². The number of thiophene rings is 3. The van der Waals surface area contributed by atoms with E-state index >= 15 is 0 Å². The topological polar surface area (TPSA) is 224 Å². The number of hydrogen-bond donors (Lipinski definition) is 0. The Morgan fingerprint density at radius 3 is 0.875 bits per heavy atom. The number of esters is 3. The van der Waals surface area contributed by atoms with Crippen molar-refractivity contribution >= 4 is 122 Å². The van der Waals surface area contributed by atoms with Crippen LogP contribution in [-0.2, 0) is 42.8 Å². The molecule has 0 saturated carbocycles. The van der Waals surface area contributed by atoms with E-state index in [4.69, 9.17) is 43.4 Å². The number of ether oxygens (including phenoxy) is 6. The molecule has 9 heterocycles. The lowest BCUT2D eigenvalue weighted by Crippen LogP contribution is -2.51. The zero-order valence-corrected chi connectivity index (χ0v) is 58.4. The molecule has 24 nitrogen and oxygen atoms in total. The predicted molar refractivity (Wildman–Crippen MR) is 370 cm³/mol. The number of carbonyl (C=O) groups excluding carboxylic acids is 6. The van der Waals surface area contributed by atoms with Crippen molar-refractivity contribution in [3.63, 3.8) is 0 Å². The maximum absolute atomic E-state index is 13.4. The van der Waals surface area contributed by atoms with E-state index < -0.39 is 38.7 Å². The van der Waals surface area contributed by atoms with E-state index in [0.717, 1.165) is 140 Å². The van der Waals surface area contributed by atoms with Crippen LogP contribution < -0.4 is 44.4 Å². The van der Waals surface area contributed by atoms with Crippen molar-refractivity contribution in [2.24, 2.45) is 15.0 Å². The van der Waals surface area contributed by atoms with Crippen LogP contribution in [0.4, 0.5) is 48.5 Å². The average molecular weight is 1370 g/mol. The van der Waals surface area contributed by atoms with Crippen molar-refractivity contribution in [1.29, 1.82) is 0 Å². The summed E-state index contributed by atoms with van der Waals surface area (Å²) in [5.41, 5.74) is 4.02. The molecule has 3 aromatic heterocycles. The lowest BCUT2D eigenvalue weighted by molar-refractivity contribution is -0.152. The summed E-state index contributed by atoms with van der Waals surface area (Å²) in [6.45, 7) is 20.5. The molecule has 12 rings (SSSR count). The molecule has 3 amide bonds. The number of anilines is 3. The zero-order valence-electron chi connectivity index (χ0n) is 56.0. The molecular formula is C69H84N12O12S3.